The lowest BCUT2D eigenvalue weighted by molar-refractivity contribution is -0.0920. The van der Waals surface area contributed by atoms with Crippen molar-refractivity contribution in [1.29, 1.82) is 0 Å². The van der Waals surface area contributed by atoms with E-state index in [2.05, 4.69) is 0 Å². The van der Waals surface area contributed by atoms with E-state index in [9.17, 15) is 19.7 Å². The molecule has 5 heteroatoms. The van der Waals surface area contributed by atoms with Gasteiger partial charge in [-0.3, -0.25) is 4.90 Å². The largest absolute Gasteiger partial charge is 0.395 e. The van der Waals surface area contributed by atoms with Crippen molar-refractivity contribution in [1.82, 2.24) is 4.90 Å². The molecular formula is C13H18FNO3. The van der Waals surface area contributed by atoms with Crippen LogP contribution in [0.25, 0.3) is 0 Å². The number of piperidine rings is 1. The molecule has 1 aliphatic rings. The molecule has 0 radical (unpaired) electrons. The van der Waals surface area contributed by atoms with Crippen LogP contribution in [0.4, 0.5) is 4.39 Å². The molecule has 100 valence electrons. The molecule has 18 heavy (non-hydrogen) atoms. The molecule has 0 spiro atoms. The zero-order chi connectivity index (χ0) is 13.1. The molecule has 1 aromatic rings. The van der Waals surface area contributed by atoms with Gasteiger partial charge in [0.1, 0.15) is 5.82 Å². The molecular weight excluding hydrogens is 237 g/mol. The van der Waals surface area contributed by atoms with E-state index in [-0.39, 0.29) is 12.4 Å². The summed E-state index contributed by atoms with van der Waals surface area (Å²) in [6, 6.07) is 5.66. The number of hydrogen-bond donors (Lipinski definition) is 3. The minimum absolute atomic E-state index is 0.209. The molecule has 0 saturated carbocycles. The van der Waals surface area contributed by atoms with Gasteiger partial charge in [-0.15, -0.1) is 0 Å². The van der Waals surface area contributed by atoms with Crippen LogP contribution in [-0.4, -0.2) is 51.6 Å². The molecule has 0 amide bonds. The average Bonchev–Trinajstić information content (AvgIpc) is 2.37. The van der Waals surface area contributed by atoms with Gasteiger partial charge in [-0.1, -0.05) is 12.1 Å². The Hall–Kier alpha value is -1.01. The quantitative estimate of drug-likeness (QED) is 0.717. The van der Waals surface area contributed by atoms with E-state index in [1.54, 1.807) is 12.1 Å². The van der Waals surface area contributed by atoms with Crippen molar-refractivity contribution in [2.75, 3.05) is 13.2 Å². The summed E-state index contributed by atoms with van der Waals surface area (Å²) in [6.07, 6.45) is -1.26. The number of rotatable bonds is 3. The standard InChI is InChI=1S/C13H18FNO3/c14-10-3-1-9(2-4-10)7-15-6-5-12(17)13(18)11(15)8-16/h1-4,11-13,16-18H,5-8H2/t11-,12-,13-/m1/s1. The Morgan fingerprint density at radius 3 is 2.50 bits per heavy atom. The third-order valence-electron chi connectivity index (χ3n) is 3.46. The Morgan fingerprint density at radius 2 is 1.89 bits per heavy atom. The lowest BCUT2D eigenvalue weighted by Crippen LogP contribution is -2.55. The van der Waals surface area contributed by atoms with Crippen LogP contribution >= 0.6 is 0 Å². The van der Waals surface area contributed by atoms with Crippen molar-refractivity contribution in [3.8, 4) is 0 Å². The van der Waals surface area contributed by atoms with E-state index in [1.165, 1.54) is 12.1 Å². The first-order valence-electron chi connectivity index (χ1n) is 6.07. The predicted molar refractivity (Wildman–Crippen MR) is 64.3 cm³/mol. The van der Waals surface area contributed by atoms with Crippen LogP contribution in [0.5, 0.6) is 0 Å². The monoisotopic (exact) mass is 255 g/mol. The van der Waals surface area contributed by atoms with Gasteiger partial charge < -0.3 is 15.3 Å². The number of nitrogens with zero attached hydrogens (tertiary/aromatic N) is 1. The lowest BCUT2D eigenvalue weighted by atomic mass is 9.96. The fourth-order valence-corrected chi connectivity index (χ4v) is 2.35. The first-order valence-corrected chi connectivity index (χ1v) is 6.07. The number of hydrogen-bond acceptors (Lipinski definition) is 4. The van der Waals surface area contributed by atoms with Gasteiger partial charge in [-0.25, -0.2) is 4.39 Å². The molecule has 3 N–H and O–H groups in total. The molecule has 0 unspecified atom stereocenters. The minimum Gasteiger partial charge on any atom is -0.395 e. The van der Waals surface area contributed by atoms with Crippen molar-refractivity contribution >= 4 is 0 Å². The number of aliphatic hydroxyl groups excluding tert-OH is 3. The van der Waals surface area contributed by atoms with Crippen molar-refractivity contribution in [2.45, 2.75) is 31.2 Å². The molecule has 2 rings (SSSR count). The molecule has 1 aliphatic heterocycles. The van der Waals surface area contributed by atoms with Gasteiger partial charge in [0.05, 0.1) is 24.9 Å². The molecule has 1 fully saturated rings. The first kappa shape index (κ1) is 13.4. The third kappa shape index (κ3) is 2.87. The molecule has 4 nitrogen and oxygen atoms in total. The fraction of sp³-hybridized carbons (Fsp3) is 0.538. The second-order valence-corrected chi connectivity index (χ2v) is 4.69. The van der Waals surface area contributed by atoms with Gasteiger partial charge in [0.15, 0.2) is 0 Å². The Balaban J connectivity index is 2.05. The Bertz CT molecular complexity index is 384. The number of halogens is 1. The fourth-order valence-electron chi connectivity index (χ4n) is 2.35. The van der Waals surface area contributed by atoms with Gasteiger partial charge in [0, 0.05) is 13.1 Å². The Morgan fingerprint density at radius 1 is 1.22 bits per heavy atom. The van der Waals surface area contributed by atoms with Crippen LogP contribution in [0.15, 0.2) is 24.3 Å². The molecule has 3 atom stereocenters. The second kappa shape index (κ2) is 5.75. The van der Waals surface area contributed by atoms with E-state index in [4.69, 9.17) is 0 Å². The average molecular weight is 255 g/mol. The van der Waals surface area contributed by atoms with Gasteiger partial charge in [0.25, 0.3) is 0 Å². The Labute approximate surface area is 105 Å². The zero-order valence-electron chi connectivity index (χ0n) is 10.0. The summed E-state index contributed by atoms with van der Waals surface area (Å²) >= 11 is 0. The van der Waals surface area contributed by atoms with Gasteiger partial charge >= 0.3 is 0 Å². The van der Waals surface area contributed by atoms with Crippen molar-refractivity contribution in [3.63, 3.8) is 0 Å². The normalized spacial score (nSPS) is 29.4. The van der Waals surface area contributed by atoms with Crippen LogP contribution in [-0.2, 0) is 6.54 Å². The molecule has 0 bridgehead atoms. The van der Waals surface area contributed by atoms with Crippen LogP contribution < -0.4 is 0 Å². The highest BCUT2D eigenvalue weighted by Crippen LogP contribution is 2.20. The van der Waals surface area contributed by atoms with E-state index >= 15 is 0 Å². The topological polar surface area (TPSA) is 63.9 Å². The summed E-state index contributed by atoms with van der Waals surface area (Å²) in [5.41, 5.74) is 0.915. The number of aliphatic hydroxyl groups is 3. The van der Waals surface area contributed by atoms with Crippen molar-refractivity contribution in [2.24, 2.45) is 0 Å². The molecule has 0 aliphatic carbocycles. The van der Waals surface area contributed by atoms with Crippen molar-refractivity contribution in [3.05, 3.63) is 35.6 Å². The lowest BCUT2D eigenvalue weighted by Gasteiger charge is -2.40. The van der Waals surface area contributed by atoms with Crippen LogP contribution in [0.1, 0.15) is 12.0 Å². The molecule has 1 saturated heterocycles. The smallest absolute Gasteiger partial charge is 0.123 e. The summed E-state index contributed by atoms with van der Waals surface area (Å²) in [5.74, 6) is -0.286. The second-order valence-electron chi connectivity index (χ2n) is 4.69. The van der Waals surface area contributed by atoms with Crippen LogP contribution in [0.2, 0.25) is 0 Å². The number of likely N-dealkylation sites (tertiary alicyclic amines) is 1. The highest BCUT2D eigenvalue weighted by Gasteiger charge is 2.35. The number of benzene rings is 1. The summed E-state index contributed by atoms with van der Waals surface area (Å²) in [4.78, 5) is 1.91. The SMILES string of the molecule is OC[C@@H]1[C@@H](O)[C@H](O)CCN1Cc1ccc(F)cc1. The molecule has 1 aromatic carbocycles. The van der Waals surface area contributed by atoms with Crippen LogP contribution in [0.3, 0.4) is 0 Å². The maximum absolute atomic E-state index is 12.8. The van der Waals surface area contributed by atoms with Crippen LogP contribution in [0, 0.1) is 5.82 Å². The first-order chi connectivity index (χ1) is 8.61. The van der Waals surface area contributed by atoms with Gasteiger partial charge in [0.2, 0.25) is 0 Å². The zero-order valence-corrected chi connectivity index (χ0v) is 10.0. The minimum atomic E-state index is -0.941. The van der Waals surface area contributed by atoms with E-state index in [1.807, 2.05) is 4.90 Å². The van der Waals surface area contributed by atoms with E-state index in [0.29, 0.717) is 19.5 Å². The van der Waals surface area contributed by atoms with Gasteiger partial charge in [-0.2, -0.15) is 0 Å². The predicted octanol–water partition coefficient (Wildman–Crippen LogP) is 0.114. The summed E-state index contributed by atoms with van der Waals surface area (Å²) in [6.45, 7) is 0.912. The highest BCUT2D eigenvalue weighted by atomic mass is 19.1. The van der Waals surface area contributed by atoms with Gasteiger partial charge in [-0.05, 0) is 24.1 Å². The maximum Gasteiger partial charge on any atom is 0.123 e. The maximum atomic E-state index is 12.8. The van der Waals surface area contributed by atoms with Crippen molar-refractivity contribution < 1.29 is 19.7 Å². The van der Waals surface area contributed by atoms with E-state index < -0.39 is 18.2 Å². The Kier molecular flexibility index (Phi) is 4.29. The summed E-state index contributed by atoms with van der Waals surface area (Å²) < 4.78 is 12.8. The summed E-state index contributed by atoms with van der Waals surface area (Å²) in [7, 11) is 0. The van der Waals surface area contributed by atoms with E-state index in [0.717, 1.165) is 5.56 Å². The molecule has 0 aromatic heterocycles. The highest BCUT2D eigenvalue weighted by molar-refractivity contribution is 5.16. The summed E-state index contributed by atoms with van der Waals surface area (Å²) in [5, 5.41) is 28.7. The third-order valence-corrected chi connectivity index (χ3v) is 3.46. The molecule has 1 heterocycles.